The van der Waals surface area contributed by atoms with Gasteiger partial charge in [-0.15, -0.1) is 0 Å². The molecule has 1 atom stereocenters. The van der Waals surface area contributed by atoms with E-state index in [1.165, 1.54) is 6.33 Å². The molecule has 2 rings (SSSR count). The minimum absolute atomic E-state index is 0.151. The standard InChI is InChI=1S/C13H22N4O2/c1-2-5-17-11(15-9-16-17)7-13(8-14,12(18)19)6-10-3-4-10/h9-10H,2-8,14H2,1H3,(H,18,19). The van der Waals surface area contributed by atoms with Crippen molar-refractivity contribution in [3.05, 3.63) is 12.2 Å². The average molecular weight is 266 g/mol. The van der Waals surface area contributed by atoms with Crippen LogP contribution < -0.4 is 5.73 Å². The number of rotatable bonds is 8. The zero-order chi connectivity index (χ0) is 13.9. The van der Waals surface area contributed by atoms with Crippen molar-refractivity contribution in [3.8, 4) is 0 Å². The number of aromatic nitrogens is 3. The zero-order valence-corrected chi connectivity index (χ0v) is 11.4. The molecule has 1 aromatic rings. The van der Waals surface area contributed by atoms with Gasteiger partial charge in [-0.25, -0.2) is 4.98 Å². The van der Waals surface area contributed by atoms with Gasteiger partial charge >= 0.3 is 5.97 Å². The van der Waals surface area contributed by atoms with Crippen LogP contribution in [0.15, 0.2) is 6.33 Å². The van der Waals surface area contributed by atoms with Crippen LogP contribution in [-0.4, -0.2) is 32.4 Å². The van der Waals surface area contributed by atoms with Crippen molar-refractivity contribution >= 4 is 5.97 Å². The molecular formula is C13H22N4O2. The molecule has 1 fully saturated rings. The zero-order valence-electron chi connectivity index (χ0n) is 11.4. The van der Waals surface area contributed by atoms with Crippen LogP contribution in [0.4, 0.5) is 0 Å². The molecule has 1 aliphatic rings. The Hall–Kier alpha value is -1.43. The van der Waals surface area contributed by atoms with Crippen LogP contribution in [-0.2, 0) is 17.8 Å². The topological polar surface area (TPSA) is 94.0 Å². The average Bonchev–Trinajstić information content (AvgIpc) is 3.09. The Kier molecular flexibility index (Phi) is 4.19. The lowest BCUT2D eigenvalue weighted by Crippen LogP contribution is -2.42. The Morgan fingerprint density at radius 1 is 1.63 bits per heavy atom. The normalized spacial score (nSPS) is 18.2. The molecule has 0 saturated heterocycles. The van der Waals surface area contributed by atoms with E-state index < -0.39 is 11.4 Å². The predicted molar refractivity (Wildman–Crippen MR) is 70.5 cm³/mol. The molecule has 19 heavy (non-hydrogen) atoms. The minimum Gasteiger partial charge on any atom is -0.481 e. The van der Waals surface area contributed by atoms with Crippen molar-refractivity contribution in [2.24, 2.45) is 17.1 Å². The number of carboxylic acids is 1. The molecule has 0 aliphatic heterocycles. The van der Waals surface area contributed by atoms with Crippen molar-refractivity contribution in [1.82, 2.24) is 14.8 Å². The largest absolute Gasteiger partial charge is 0.481 e. The number of aliphatic carboxylic acids is 1. The van der Waals surface area contributed by atoms with Gasteiger partial charge in [0.1, 0.15) is 12.2 Å². The number of carbonyl (C=O) groups is 1. The maximum absolute atomic E-state index is 11.7. The molecule has 1 unspecified atom stereocenters. The lowest BCUT2D eigenvalue weighted by atomic mass is 9.79. The van der Waals surface area contributed by atoms with E-state index in [9.17, 15) is 9.90 Å². The maximum Gasteiger partial charge on any atom is 0.311 e. The Balaban J connectivity index is 2.18. The molecule has 0 spiro atoms. The third-order valence-electron chi connectivity index (χ3n) is 3.85. The van der Waals surface area contributed by atoms with E-state index in [-0.39, 0.29) is 6.54 Å². The summed E-state index contributed by atoms with van der Waals surface area (Å²) in [5.41, 5.74) is 4.90. The highest BCUT2D eigenvalue weighted by Gasteiger charge is 2.43. The lowest BCUT2D eigenvalue weighted by molar-refractivity contribution is -0.149. The third kappa shape index (κ3) is 3.12. The Bertz CT molecular complexity index is 442. The second kappa shape index (κ2) is 5.69. The van der Waals surface area contributed by atoms with Gasteiger partial charge in [0.25, 0.3) is 0 Å². The van der Waals surface area contributed by atoms with Crippen LogP contribution in [0.25, 0.3) is 0 Å². The predicted octanol–water partition coefficient (Wildman–Crippen LogP) is 1.06. The van der Waals surface area contributed by atoms with Gasteiger partial charge in [0.2, 0.25) is 0 Å². The molecular weight excluding hydrogens is 244 g/mol. The monoisotopic (exact) mass is 266 g/mol. The van der Waals surface area contributed by atoms with Crippen LogP contribution in [0, 0.1) is 11.3 Å². The molecule has 0 radical (unpaired) electrons. The third-order valence-corrected chi connectivity index (χ3v) is 3.85. The van der Waals surface area contributed by atoms with Gasteiger partial charge in [0, 0.05) is 19.5 Å². The molecule has 0 amide bonds. The lowest BCUT2D eigenvalue weighted by Gasteiger charge is -2.27. The first-order chi connectivity index (χ1) is 9.11. The first-order valence-electron chi connectivity index (χ1n) is 6.91. The molecule has 1 aliphatic carbocycles. The summed E-state index contributed by atoms with van der Waals surface area (Å²) in [7, 11) is 0. The number of hydrogen-bond acceptors (Lipinski definition) is 4. The van der Waals surface area contributed by atoms with Crippen LogP contribution in [0.1, 0.15) is 38.4 Å². The number of hydrogen-bond donors (Lipinski definition) is 2. The van der Waals surface area contributed by atoms with Crippen molar-refractivity contribution < 1.29 is 9.90 Å². The summed E-state index contributed by atoms with van der Waals surface area (Å²) in [6, 6.07) is 0. The fraction of sp³-hybridized carbons (Fsp3) is 0.769. The van der Waals surface area contributed by atoms with Gasteiger partial charge in [-0.05, 0) is 18.8 Å². The summed E-state index contributed by atoms with van der Waals surface area (Å²) in [6.45, 7) is 2.97. The van der Waals surface area contributed by atoms with Crippen LogP contribution in [0.2, 0.25) is 0 Å². The van der Waals surface area contributed by atoms with Crippen molar-refractivity contribution in [2.75, 3.05) is 6.54 Å². The van der Waals surface area contributed by atoms with E-state index in [0.29, 0.717) is 18.8 Å². The number of nitrogens with zero attached hydrogens (tertiary/aromatic N) is 3. The highest BCUT2D eigenvalue weighted by atomic mass is 16.4. The maximum atomic E-state index is 11.7. The van der Waals surface area contributed by atoms with E-state index in [0.717, 1.165) is 31.6 Å². The second-order valence-corrected chi connectivity index (χ2v) is 5.51. The van der Waals surface area contributed by atoms with Gasteiger partial charge < -0.3 is 10.8 Å². The summed E-state index contributed by atoms with van der Waals surface area (Å²) >= 11 is 0. The summed E-state index contributed by atoms with van der Waals surface area (Å²) in [6.07, 6.45) is 5.70. The Morgan fingerprint density at radius 3 is 2.89 bits per heavy atom. The van der Waals surface area contributed by atoms with E-state index in [2.05, 4.69) is 17.0 Å². The molecule has 106 valence electrons. The second-order valence-electron chi connectivity index (χ2n) is 5.51. The Labute approximate surface area is 113 Å². The molecule has 6 heteroatoms. The highest BCUT2D eigenvalue weighted by Crippen LogP contribution is 2.41. The quantitative estimate of drug-likeness (QED) is 0.733. The van der Waals surface area contributed by atoms with Gasteiger partial charge in [0.05, 0.1) is 5.41 Å². The van der Waals surface area contributed by atoms with Crippen molar-refractivity contribution in [1.29, 1.82) is 0 Å². The number of nitrogens with two attached hydrogens (primary N) is 1. The molecule has 6 nitrogen and oxygen atoms in total. The van der Waals surface area contributed by atoms with Gasteiger partial charge in [0.15, 0.2) is 0 Å². The fourth-order valence-electron chi connectivity index (χ4n) is 2.48. The number of aryl methyl sites for hydroxylation is 1. The molecule has 1 saturated carbocycles. The van der Waals surface area contributed by atoms with Gasteiger partial charge in [-0.2, -0.15) is 5.10 Å². The summed E-state index contributed by atoms with van der Waals surface area (Å²) in [5, 5.41) is 13.7. The SMILES string of the molecule is CCCn1ncnc1CC(CN)(CC1CC1)C(=O)O. The van der Waals surface area contributed by atoms with E-state index >= 15 is 0 Å². The molecule has 1 aromatic heterocycles. The first kappa shape index (κ1) is 14.0. The first-order valence-corrected chi connectivity index (χ1v) is 6.91. The number of carboxylic acid groups (broad SMARTS) is 1. The molecule has 3 N–H and O–H groups in total. The summed E-state index contributed by atoms with van der Waals surface area (Å²) in [4.78, 5) is 15.9. The summed E-state index contributed by atoms with van der Waals surface area (Å²) < 4.78 is 1.79. The van der Waals surface area contributed by atoms with Gasteiger partial charge in [-0.3, -0.25) is 9.48 Å². The Morgan fingerprint density at radius 2 is 2.37 bits per heavy atom. The van der Waals surface area contributed by atoms with E-state index in [1.54, 1.807) is 4.68 Å². The smallest absolute Gasteiger partial charge is 0.311 e. The summed E-state index contributed by atoms with van der Waals surface area (Å²) in [5.74, 6) is 0.436. The highest BCUT2D eigenvalue weighted by molar-refractivity contribution is 5.75. The fourth-order valence-corrected chi connectivity index (χ4v) is 2.48. The van der Waals surface area contributed by atoms with Crippen LogP contribution in [0.5, 0.6) is 0 Å². The van der Waals surface area contributed by atoms with Crippen molar-refractivity contribution in [2.45, 2.75) is 45.6 Å². The van der Waals surface area contributed by atoms with E-state index in [4.69, 9.17) is 5.73 Å². The molecule has 0 aromatic carbocycles. The molecule has 1 heterocycles. The molecule has 0 bridgehead atoms. The minimum atomic E-state index is -0.889. The van der Waals surface area contributed by atoms with E-state index in [1.807, 2.05) is 0 Å². The van der Waals surface area contributed by atoms with Crippen molar-refractivity contribution in [3.63, 3.8) is 0 Å². The van der Waals surface area contributed by atoms with Gasteiger partial charge in [-0.1, -0.05) is 19.8 Å². The van der Waals surface area contributed by atoms with Crippen LogP contribution >= 0.6 is 0 Å². The van der Waals surface area contributed by atoms with Crippen LogP contribution in [0.3, 0.4) is 0 Å².